The molecule has 2 aromatic rings. The van der Waals surface area contributed by atoms with Crippen LogP contribution < -0.4 is 10.6 Å². The second-order valence-corrected chi connectivity index (χ2v) is 4.79. The molecule has 0 fully saturated rings. The first-order chi connectivity index (χ1) is 9.65. The lowest BCUT2D eigenvalue weighted by atomic mass is 9.98. The Morgan fingerprint density at radius 2 is 2.20 bits per heavy atom. The van der Waals surface area contributed by atoms with Crippen molar-refractivity contribution in [2.75, 3.05) is 17.2 Å². The summed E-state index contributed by atoms with van der Waals surface area (Å²) in [4.78, 5) is 16.7. The smallest absolute Gasteiger partial charge is 0.274 e. The third-order valence-electron chi connectivity index (χ3n) is 3.57. The SMILES string of the molecule is Nc1cccc2c1CCN(c1cc([N+](=O)[O-])ccn1)C2. The molecule has 0 atom stereocenters. The summed E-state index contributed by atoms with van der Waals surface area (Å²) in [6, 6.07) is 8.78. The second-order valence-electron chi connectivity index (χ2n) is 4.79. The van der Waals surface area contributed by atoms with Crippen LogP contribution in [0, 0.1) is 10.1 Å². The van der Waals surface area contributed by atoms with Crippen LogP contribution in [0.15, 0.2) is 36.5 Å². The van der Waals surface area contributed by atoms with E-state index in [1.54, 1.807) is 0 Å². The van der Waals surface area contributed by atoms with E-state index in [2.05, 4.69) is 4.98 Å². The van der Waals surface area contributed by atoms with Gasteiger partial charge in [0.15, 0.2) is 0 Å². The number of nitro groups is 1. The zero-order chi connectivity index (χ0) is 14.1. The van der Waals surface area contributed by atoms with Gasteiger partial charge < -0.3 is 10.6 Å². The normalized spacial score (nSPS) is 13.9. The molecule has 0 amide bonds. The van der Waals surface area contributed by atoms with Crippen LogP contribution in [0.25, 0.3) is 0 Å². The van der Waals surface area contributed by atoms with Gasteiger partial charge in [-0.25, -0.2) is 4.98 Å². The molecular formula is C14H14N4O2. The third kappa shape index (κ3) is 2.16. The van der Waals surface area contributed by atoms with Gasteiger partial charge >= 0.3 is 0 Å². The maximum absolute atomic E-state index is 10.8. The van der Waals surface area contributed by atoms with Crippen molar-refractivity contribution in [2.45, 2.75) is 13.0 Å². The van der Waals surface area contributed by atoms with Crippen LogP contribution in [-0.4, -0.2) is 16.5 Å². The summed E-state index contributed by atoms with van der Waals surface area (Å²) in [7, 11) is 0. The Kier molecular flexibility index (Phi) is 2.98. The fraction of sp³-hybridized carbons (Fsp3) is 0.214. The van der Waals surface area contributed by atoms with Gasteiger partial charge in [0.25, 0.3) is 5.69 Å². The highest BCUT2D eigenvalue weighted by molar-refractivity contribution is 5.56. The Hall–Kier alpha value is -2.63. The molecule has 1 aromatic heterocycles. The number of benzene rings is 1. The van der Waals surface area contributed by atoms with Crippen LogP contribution in [0.1, 0.15) is 11.1 Å². The predicted octanol–water partition coefficient (Wildman–Crippen LogP) is 2.13. The molecule has 0 saturated carbocycles. The van der Waals surface area contributed by atoms with E-state index in [-0.39, 0.29) is 5.69 Å². The average Bonchev–Trinajstić information content (AvgIpc) is 2.47. The standard InChI is InChI=1S/C14H14N4O2/c15-13-3-1-2-10-9-17(7-5-12(10)13)14-8-11(18(19)20)4-6-16-14/h1-4,6,8H,5,7,9,15H2. The Balaban J connectivity index is 1.90. The van der Waals surface area contributed by atoms with Gasteiger partial charge in [0.2, 0.25) is 0 Å². The van der Waals surface area contributed by atoms with E-state index in [1.165, 1.54) is 23.9 Å². The predicted molar refractivity (Wildman–Crippen MR) is 76.5 cm³/mol. The first-order valence-corrected chi connectivity index (χ1v) is 6.37. The summed E-state index contributed by atoms with van der Waals surface area (Å²) in [6.07, 6.45) is 2.30. The lowest BCUT2D eigenvalue weighted by Crippen LogP contribution is -2.31. The van der Waals surface area contributed by atoms with Crippen LogP contribution in [0.3, 0.4) is 0 Å². The highest BCUT2D eigenvalue weighted by Gasteiger charge is 2.20. The molecule has 0 aliphatic carbocycles. The van der Waals surface area contributed by atoms with Crippen LogP contribution in [0.2, 0.25) is 0 Å². The second kappa shape index (κ2) is 4.80. The summed E-state index contributed by atoms with van der Waals surface area (Å²) in [6.45, 7) is 1.43. The maximum Gasteiger partial charge on any atom is 0.274 e. The molecule has 6 nitrogen and oxygen atoms in total. The minimum Gasteiger partial charge on any atom is -0.398 e. The van der Waals surface area contributed by atoms with E-state index >= 15 is 0 Å². The van der Waals surface area contributed by atoms with E-state index in [0.717, 1.165) is 24.2 Å². The van der Waals surface area contributed by atoms with Gasteiger partial charge in [0.1, 0.15) is 5.82 Å². The molecular weight excluding hydrogens is 256 g/mol. The summed E-state index contributed by atoms with van der Waals surface area (Å²) in [5.74, 6) is 0.632. The number of hydrogen-bond acceptors (Lipinski definition) is 5. The molecule has 2 N–H and O–H groups in total. The van der Waals surface area contributed by atoms with Gasteiger partial charge in [-0.1, -0.05) is 12.1 Å². The molecule has 1 aliphatic heterocycles. The van der Waals surface area contributed by atoms with Crippen LogP contribution in [-0.2, 0) is 13.0 Å². The number of aromatic nitrogens is 1. The zero-order valence-electron chi connectivity index (χ0n) is 10.8. The number of hydrogen-bond donors (Lipinski definition) is 1. The molecule has 1 aliphatic rings. The third-order valence-corrected chi connectivity index (χ3v) is 3.57. The molecule has 6 heteroatoms. The van der Waals surface area contributed by atoms with Crippen molar-refractivity contribution in [3.05, 3.63) is 57.8 Å². The van der Waals surface area contributed by atoms with Gasteiger partial charge in [-0.3, -0.25) is 10.1 Å². The first-order valence-electron chi connectivity index (χ1n) is 6.37. The topological polar surface area (TPSA) is 85.3 Å². The van der Waals surface area contributed by atoms with Gasteiger partial charge in [-0.15, -0.1) is 0 Å². The average molecular weight is 270 g/mol. The number of pyridine rings is 1. The molecule has 0 radical (unpaired) electrons. The lowest BCUT2D eigenvalue weighted by Gasteiger charge is -2.30. The zero-order valence-corrected chi connectivity index (χ0v) is 10.8. The molecule has 0 spiro atoms. The number of nitrogens with two attached hydrogens (primary N) is 1. The van der Waals surface area contributed by atoms with Crippen molar-refractivity contribution < 1.29 is 4.92 Å². The summed E-state index contributed by atoms with van der Waals surface area (Å²) in [5.41, 5.74) is 9.18. The van der Waals surface area contributed by atoms with Crippen LogP contribution in [0.4, 0.5) is 17.2 Å². The molecule has 1 aromatic carbocycles. The van der Waals surface area contributed by atoms with Crippen molar-refractivity contribution in [3.8, 4) is 0 Å². The summed E-state index contributed by atoms with van der Waals surface area (Å²) >= 11 is 0. The number of fused-ring (bicyclic) bond motifs is 1. The highest BCUT2D eigenvalue weighted by atomic mass is 16.6. The fourth-order valence-electron chi connectivity index (χ4n) is 2.53. The molecule has 0 unspecified atom stereocenters. The summed E-state index contributed by atoms with van der Waals surface area (Å²) < 4.78 is 0. The van der Waals surface area contributed by atoms with Gasteiger partial charge in [-0.05, 0) is 23.6 Å². The van der Waals surface area contributed by atoms with Gasteiger partial charge in [0.05, 0.1) is 11.0 Å². The van der Waals surface area contributed by atoms with Gasteiger partial charge in [0, 0.05) is 31.0 Å². The molecule has 0 saturated heterocycles. The number of rotatable bonds is 2. The van der Waals surface area contributed by atoms with E-state index in [0.29, 0.717) is 12.4 Å². The summed E-state index contributed by atoms with van der Waals surface area (Å²) in [5, 5.41) is 10.8. The van der Waals surface area contributed by atoms with Crippen molar-refractivity contribution in [2.24, 2.45) is 0 Å². The molecule has 2 heterocycles. The van der Waals surface area contributed by atoms with Crippen molar-refractivity contribution in [1.82, 2.24) is 4.98 Å². The maximum atomic E-state index is 10.8. The van der Waals surface area contributed by atoms with E-state index in [4.69, 9.17) is 5.73 Å². The van der Waals surface area contributed by atoms with Crippen LogP contribution in [0.5, 0.6) is 0 Å². The minimum absolute atomic E-state index is 0.0633. The van der Waals surface area contributed by atoms with Gasteiger partial charge in [-0.2, -0.15) is 0 Å². The van der Waals surface area contributed by atoms with Crippen molar-refractivity contribution >= 4 is 17.2 Å². The number of anilines is 2. The van der Waals surface area contributed by atoms with E-state index in [9.17, 15) is 10.1 Å². The lowest BCUT2D eigenvalue weighted by molar-refractivity contribution is -0.384. The molecule has 102 valence electrons. The highest BCUT2D eigenvalue weighted by Crippen LogP contribution is 2.27. The Morgan fingerprint density at radius 1 is 1.35 bits per heavy atom. The van der Waals surface area contributed by atoms with Crippen molar-refractivity contribution in [1.29, 1.82) is 0 Å². The Morgan fingerprint density at radius 3 is 3.00 bits per heavy atom. The quantitative estimate of drug-likeness (QED) is 0.513. The Labute approximate surface area is 116 Å². The number of nitrogen functional groups attached to an aromatic ring is 1. The molecule has 20 heavy (non-hydrogen) atoms. The van der Waals surface area contributed by atoms with Crippen molar-refractivity contribution in [3.63, 3.8) is 0 Å². The fourth-order valence-corrected chi connectivity index (χ4v) is 2.53. The number of nitrogens with zero attached hydrogens (tertiary/aromatic N) is 3. The minimum atomic E-state index is -0.402. The Bertz CT molecular complexity index is 672. The van der Waals surface area contributed by atoms with E-state index < -0.39 is 4.92 Å². The largest absolute Gasteiger partial charge is 0.398 e. The monoisotopic (exact) mass is 270 g/mol. The molecule has 3 rings (SSSR count). The van der Waals surface area contributed by atoms with Crippen LogP contribution >= 0.6 is 0 Å². The van der Waals surface area contributed by atoms with E-state index in [1.807, 2.05) is 23.1 Å². The first kappa shape index (κ1) is 12.4. The molecule has 0 bridgehead atoms.